The number of hydrogen-bond acceptors (Lipinski definition) is 2. The van der Waals surface area contributed by atoms with E-state index in [1.54, 1.807) is 18.2 Å². The molecule has 1 aliphatic heterocycles. The number of carboxylic acid groups (broad SMARTS) is 1. The van der Waals surface area contributed by atoms with Crippen molar-refractivity contribution >= 4 is 24.0 Å². The van der Waals surface area contributed by atoms with E-state index in [4.69, 9.17) is 11.6 Å². The van der Waals surface area contributed by atoms with Gasteiger partial charge in [0.05, 0.1) is 6.04 Å². The molecule has 100 valence electrons. The summed E-state index contributed by atoms with van der Waals surface area (Å²) in [5.41, 5.74) is 1.16. The summed E-state index contributed by atoms with van der Waals surface area (Å²) in [6.07, 6.45) is 4.96. The predicted molar refractivity (Wildman–Crippen MR) is 72.7 cm³/mol. The molecule has 1 N–H and O–H groups in total. The first-order valence-electron chi connectivity index (χ1n) is 6.02. The molecule has 1 aromatic carbocycles. The van der Waals surface area contributed by atoms with Crippen LogP contribution in [0.25, 0.3) is 0 Å². The summed E-state index contributed by atoms with van der Waals surface area (Å²) < 4.78 is 0. The van der Waals surface area contributed by atoms with Crippen LogP contribution in [0.5, 0.6) is 0 Å². The highest BCUT2D eigenvalue weighted by molar-refractivity contribution is 6.30. The molecule has 1 aliphatic rings. The van der Waals surface area contributed by atoms with Crippen molar-refractivity contribution in [2.75, 3.05) is 6.54 Å². The Morgan fingerprint density at radius 1 is 1.42 bits per heavy atom. The SMILES string of the molecule is O=Cc1ccc(Cl)cc1[C@H]1CCC=CCN1C(=O)O. The van der Waals surface area contributed by atoms with Crippen LogP contribution in [0.15, 0.2) is 30.4 Å². The molecule has 0 fully saturated rings. The van der Waals surface area contributed by atoms with Crippen LogP contribution >= 0.6 is 11.6 Å². The number of carbonyl (C=O) groups excluding carboxylic acids is 1. The maximum atomic E-state index is 11.3. The Morgan fingerprint density at radius 2 is 2.21 bits per heavy atom. The molecule has 1 aromatic rings. The van der Waals surface area contributed by atoms with Gasteiger partial charge < -0.3 is 5.11 Å². The van der Waals surface area contributed by atoms with Gasteiger partial charge >= 0.3 is 6.09 Å². The maximum absolute atomic E-state index is 11.3. The van der Waals surface area contributed by atoms with Crippen LogP contribution < -0.4 is 0 Å². The van der Waals surface area contributed by atoms with Gasteiger partial charge in [-0.15, -0.1) is 0 Å². The van der Waals surface area contributed by atoms with Crippen molar-refractivity contribution in [1.82, 2.24) is 4.90 Å². The molecule has 0 aliphatic carbocycles. The van der Waals surface area contributed by atoms with Crippen molar-refractivity contribution in [1.29, 1.82) is 0 Å². The van der Waals surface area contributed by atoms with Gasteiger partial charge in [-0.1, -0.05) is 23.8 Å². The average molecular weight is 280 g/mol. The van der Waals surface area contributed by atoms with Crippen LogP contribution in [0.1, 0.15) is 34.8 Å². The van der Waals surface area contributed by atoms with Gasteiger partial charge in [0.2, 0.25) is 0 Å². The number of halogens is 1. The topological polar surface area (TPSA) is 57.6 Å². The van der Waals surface area contributed by atoms with Crippen LogP contribution in [0.2, 0.25) is 5.02 Å². The fourth-order valence-electron chi connectivity index (χ4n) is 2.32. The van der Waals surface area contributed by atoms with Gasteiger partial charge in [0.1, 0.15) is 6.29 Å². The molecule has 4 nitrogen and oxygen atoms in total. The summed E-state index contributed by atoms with van der Waals surface area (Å²) in [6.45, 7) is 0.324. The second-order valence-electron chi connectivity index (χ2n) is 4.39. The first-order chi connectivity index (χ1) is 9.13. The number of hydrogen-bond donors (Lipinski definition) is 1. The molecule has 0 radical (unpaired) electrons. The number of nitrogens with zero attached hydrogens (tertiary/aromatic N) is 1. The molecule has 1 amide bonds. The molecule has 2 rings (SSSR count). The van der Waals surface area contributed by atoms with Gasteiger partial charge in [0.15, 0.2) is 0 Å². The molecule has 0 saturated carbocycles. The van der Waals surface area contributed by atoms with E-state index < -0.39 is 6.09 Å². The average Bonchev–Trinajstić information content (AvgIpc) is 2.64. The lowest BCUT2D eigenvalue weighted by molar-refractivity contribution is 0.111. The summed E-state index contributed by atoms with van der Waals surface area (Å²) in [5.74, 6) is 0. The van der Waals surface area contributed by atoms with Gasteiger partial charge in [-0.05, 0) is 36.6 Å². The van der Waals surface area contributed by atoms with Crippen LogP contribution in [-0.4, -0.2) is 28.9 Å². The van der Waals surface area contributed by atoms with Crippen molar-refractivity contribution < 1.29 is 14.7 Å². The highest BCUT2D eigenvalue weighted by Crippen LogP contribution is 2.31. The molecule has 0 aromatic heterocycles. The van der Waals surface area contributed by atoms with Gasteiger partial charge in [0, 0.05) is 17.1 Å². The third-order valence-electron chi connectivity index (χ3n) is 3.23. The molecule has 5 heteroatoms. The predicted octanol–water partition coefficient (Wildman–Crippen LogP) is 3.52. The molecule has 1 atom stereocenters. The second kappa shape index (κ2) is 5.89. The summed E-state index contributed by atoms with van der Waals surface area (Å²) in [4.78, 5) is 23.8. The Morgan fingerprint density at radius 3 is 2.89 bits per heavy atom. The Labute approximate surface area is 116 Å². The van der Waals surface area contributed by atoms with Crippen LogP contribution in [0.3, 0.4) is 0 Å². The molecule has 1 heterocycles. The summed E-state index contributed by atoms with van der Waals surface area (Å²) in [5, 5.41) is 9.80. The first kappa shape index (κ1) is 13.6. The van der Waals surface area contributed by atoms with Gasteiger partial charge in [-0.3, -0.25) is 9.69 Å². The van der Waals surface area contributed by atoms with Crippen molar-refractivity contribution in [3.8, 4) is 0 Å². The van der Waals surface area contributed by atoms with Gasteiger partial charge in [-0.2, -0.15) is 0 Å². The molecule has 19 heavy (non-hydrogen) atoms. The molecule has 0 bridgehead atoms. The van der Waals surface area contributed by atoms with Crippen molar-refractivity contribution in [2.24, 2.45) is 0 Å². The fraction of sp³-hybridized carbons (Fsp3) is 0.286. The standard InChI is InChI=1S/C14H14ClNO3/c15-11-6-5-10(9-17)12(8-11)13-4-2-1-3-7-16(13)14(18)19/h1,3,5-6,8-9,13H,2,4,7H2,(H,18,19)/t13-/m1/s1. The first-order valence-corrected chi connectivity index (χ1v) is 6.40. The summed E-state index contributed by atoms with van der Waals surface area (Å²) >= 11 is 5.96. The lowest BCUT2D eigenvalue weighted by atomic mass is 9.96. The molecule has 0 unspecified atom stereocenters. The molecular formula is C14H14ClNO3. The molecule has 0 saturated heterocycles. The fourth-order valence-corrected chi connectivity index (χ4v) is 2.50. The van der Waals surface area contributed by atoms with E-state index in [0.29, 0.717) is 29.1 Å². The number of allylic oxidation sites excluding steroid dienone is 1. The zero-order valence-corrected chi connectivity index (χ0v) is 11.0. The van der Waals surface area contributed by atoms with Gasteiger partial charge in [0.25, 0.3) is 0 Å². The highest BCUT2D eigenvalue weighted by atomic mass is 35.5. The number of carbonyl (C=O) groups is 2. The zero-order chi connectivity index (χ0) is 13.8. The lowest BCUT2D eigenvalue weighted by Crippen LogP contribution is -2.33. The van der Waals surface area contributed by atoms with Crippen LogP contribution in [0, 0.1) is 0 Å². The van der Waals surface area contributed by atoms with E-state index in [2.05, 4.69) is 0 Å². The van der Waals surface area contributed by atoms with E-state index in [-0.39, 0.29) is 6.04 Å². The largest absolute Gasteiger partial charge is 0.465 e. The highest BCUT2D eigenvalue weighted by Gasteiger charge is 2.26. The Bertz CT molecular complexity index is 527. The summed E-state index contributed by atoms with van der Waals surface area (Å²) in [7, 11) is 0. The number of amides is 1. The Balaban J connectivity index is 2.44. The van der Waals surface area contributed by atoms with Crippen molar-refractivity contribution in [2.45, 2.75) is 18.9 Å². The number of aldehydes is 1. The second-order valence-corrected chi connectivity index (χ2v) is 4.83. The zero-order valence-electron chi connectivity index (χ0n) is 10.3. The van der Waals surface area contributed by atoms with Crippen molar-refractivity contribution in [3.05, 3.63) is 46.5 Å². The smallest absolute Gasteiger partial charge is 0.408 e. The van der Waals surface area contributed by atoms with E-state index in [1.807, 2.05) is 12.2 Å². The molecule has 0 spiro atoms. The normalized spacial score (nSPS) is 19.0. The third-order valence-corrected chi connectivity index (χ3v) is 3.47. The maximum Gasteiger partial charge on any atom is 0.408 e. The Kier molecular flexibility index (Phi) is 4.22. The number of benzene rings is 1. The van der Waals surface area contributed by atoms with E-state index in [9.17, 15) is 14.7 Å². The van der Waals surface area contributed by atoms with Crippen LogP contribution in [-0.2, 0) is 0 Å². The lowest BCUT2D eigenvalue weighted by Gasteiger charge is -2.28. The van der Waals surface area contributed by atoms with Gasteiger partial charge in [-0.25, -0.2) is 4.79 Å². The minimum absolute atomic E-state index is 0.324. The van der Waals surface area contributed by atoms with Crippen molar-refractivity contribution in [3.63, 3.8) is 0 Å². The number of rotatable bonds is 2. The van der Waals surface area contributed by atoms with E-state index >= 15 is 0 Å². The quantitative estimate of drug-likeness (QED) is 0.665. The van der Waals surface area contributed by atoms with Crippen LogP contribution in [0.4, 0.5) is 4.79 Å². The third kappa shape index (κ3) is 2.96. The van der Waals surface area contributed by atoms with E-state index in [1.165, 1.54) is 4.90 Å². The monoisotopic (exact) mass is 279 g/mol. The minimum atomic E-state index is -0.992. The Hall–Kier alpha value is -1.81. The van der Waals surface area contributed by atoms with E-state index in [0.717, 1.165) is 12.7 Å². The molecular weight excluding hydrogens is 266 g/mol. The minimum Gasteiger partial charge on any atom is -0.465 e. The summed E-state index contributed by atoms with van der Waals surface area (Å²) in [6, 6.07) is 4.60.